The molecule has 2 heterocycles. The third-order valence-electron chi connectivity index (χ3n) is 3.81. The van der Waals surface area contributed by atoms with Crippen molar-refractivity contribution in [1.29, 1.82) is 0 Å². The summed E-state index contributed by atoms with van der Waals surface area (Å²) in [7, 11) is 0. The highest BCUT2D eigenvalue weighted by Gasteiger charge is 2.15. The van der Waals surface area contributed by atoms with Crippen LogP contribution in [0.4, 0.5) is 0 Å². The van der Waals surface area contributed by atoms with Crippen LogP contribution in [0.5, 0.6) is 0 Å². The molecule has 0 aliphatic heterocycles. The second-order valence-corrected chi connectivity index (χ2v) is 5.33. The van der Waals surface area contributed by atoms with Crippen LogP contribution >= 0.6 is 0 Å². The average molecular weight is 295 g/mol. The van der Waals surface area contributed by atoms with Crippen molar-refractivity contribution in [3.63, 3.8) is 0 Å². The Morgan fingerprint density at radius 2 is 1.91 bits per heavy atom. The Morgan fingerprint density at radius 1 is 1.14 bits per heavy atom. The number of benzene rings is 1. The molecule has 5 heteroatoms. The summed E-state index contributed by atoms with van der Waals surface area (Å²) in [4.78, 5) is 29.4. The summed E-state index contributed by atoms with van der Waals surface area (Å²) in [5, 5.41) is 0.448. The Balaban J connectivity index is 2.53. The standard InChI is InChI=1S/C17H17N3O2/c1-4-19-16(21)13-6-5-9-18-15(13)20(17(19)22)14-8-7-11(2)10-12(14)3/h5-10H,4H2,1-3H3. The van der Waals surface area contributed by atoms with Gasteiger partial charge in [0.25, 0.3) is 5.56 Å². The van der Waals surface area contributed by atoms with Gasteiger partial charge in [-0.15, -0.1) is 0 Å². The molecule has 0 fully saturated rings. The van der Waals surface area contributed by atoms with Gasteiger partial charge in [0.1, 0.15) is 0 Å². The Kier molecular flexibility index (Phi) is 3.41. The van der Waals surface area contributed by atoms with Gasteiger partial charge < -0.3 is 0 Å². The highest BCUT2D eigenvalue weighted by Crippen LogP contribution is 2.17. The quantitative estimate of drug-likeness (QED) is 0.728. The summed E-state index contributed by atoms with van der Waals surface area (Å²) in [5.74, 6) is 0. The van der Waals surface area contributed by atoms with Crippen molar-refractivity contribution in [1.82, 2.24) is 14.1 Å². The first kappa shape index (κ1) is 14.3. The number of aromatic nitrogens is 3. The zero-order chi connectivity index (χ0) is 15.9. The number of hydrogen-bond donors (Lipinski definition) is 0. The number of rotatable bonds is 2. The van der Waals surface area contributed by atoms with Crippen molar-refractivity contribution in [2.24, 2.45) is 0 Å². The van der Waals surface area contributed by atoms with E-state index in [0.29, 0.717) is 17.6 Å². The van der Waals surface area contributed by atoms with Gasteiger partial charge in [-0.3, -0.25) is 9.36 Å². The maximum Gasteiger partial charge on any atom is 0.337 e. The van der Waals surface area contributed by atoms with Gasteiger partial charge in [0.2, 0.25) is 0 Å². The van der Waals surface area contributed by atoms with E-state index in [2.05, 4.69) is 4.98 Å². The van der Waals surface area contributed by atoms with Crippen molar-refractivity contribution in [2.45, 2.75) is 27.3 Å². The molecule has 0 amide bonds. The lowest BCUT2D eigenvalue weighted by molar-refractivity contribution is 0.658. The minimum atomic E-state index is -0.356. The molecule has 0 aliphatic rings. The lowest BCUT2D eigenvalue weighted by Gasteiger charge is -2.14. The van der Waals surface area contributed by atoms with Gasteiger partial charge in [-0.1, -0.05) is 17.7 Å². The van der Waals surface area contributed by atoms with E-state index in [4.69, 9.17) is 0 Å². The summed E-state index contributed by atoms with van der Waals surface area (Å²) in [6.07, 6.45) is 1.59. The Bertz CT molecular complexity index is 983. The largest absolute Gasteiger partial charge is 0.337 e. The van der Waals surface area contributed by atoms with E-state index in [1.807, 2.05) is 32.0 Å². The van der Waals surface area contributed by atoms with Crippen molar-refractivity contribution in [2.75, 3.05) is 0 Å². The van der Waals surface area contributed by atoms with E-state index < -0.39 is 0 Å². The van der Waals surface area contributed by atoms with E-state index in [1.165, 1.54) is 9.13 Å². The minimum absolute atomic E-state index is 0.295. The zero-order valence-electron chi connectivity index (χ0n) is 12.8. The highest BCUT2D eigenvalue weighted by atomic mass is 16.2. The van der Waals surface area contributed by atoms with Crippen LogP contribution in [0.3, 0.4) is 0 Å². The molecule has 22 heavy (non-hydrogen) atoms. The molecule has 0 atom stereocenters. The molecule has 0 bridgehead atoms. The predicted octanol–water partition coefficient (Wildman–Crippen LogP) is 2.18. The fraction of sp³-hybridized carbons (Fsp3) is 0.235. The van der Waals surface area contributed by atoms with Gasteiger partial charge in [-0.2, -0.15) is 0 Å². The third-order valence-corrected chi connectivity index (χ3v) is 3.81. The van der Waals surface area contributed by atoms with Crippen LogP contribution in [0.15, 0.2) is 46.1 Å². The summed E-state index contributed by atoms with van der Waals surface area (Å²) in [6.45, 7) is 6.07. The Hall–Kier alpha value is -2.69. The van der Waals surface area contributed by atoms with Crippen LogP contribution in [0.25, 0.3) is 16.7 Å². The van der Waals surface area contributed by atoms with E-state index in [-0.39, 0.29) is 11.2 Å². The topological polar surface area (TPSA) is 56.9 Å². The summed E-state index contributed by atoms with van der Waals surface area (Å²) in [5.41, 5.74) is 2.59. The van der Waals surface area contributed by atoms with E-state index in [0.717, 1.165) is 16.8 Å². The van der Waals surface area contributed by atoms with Crippen molar-refractivity contribution >= 4 is 11.0 Å². The fourth-order valence-corrected chi connectivity index (χ4v) is 2.74. The van der Waals surface area contributed by atoms with Gasteiger partial charge >= 0.3 is 5.69 Å². The van der Waals surface area contributed by atoms with E-state index in [1.54, 1.807) is 25.3 Å². The summed E-state index contributed by atoms with van der Waals surface area (Å²) in [6, 6.07) is 9.27. The van der Waals surface area contributed by atoms with Crippen LogP contribution in [0, 0.1) is 13.8 Å². The number of nitrogens with zero attached hydrogens (tertiary/aromatic N) is 3. The first-order chi connectivity index (χ1) is 10.5. The molecule has 5 nitrogen and oxygen atoms in total. The number of pyridine rings is 1. The molecule has 0 spiro atoms. The second-order valence-electron chi connectivity index (χ2n) is 5.33. The predicted molar refractivity (Wildman–Crippen MR) is 86.7 cm³/mol. The third kappa shape index (κ3) is 2.06. The Labute approximate surface area is 127 Å². The lowest BCUT2D eigenvalue weighted by Crippen LogP contribution is -2.39. The Morgan fingerprint density at radius 3 is 2.59 bits per heavy atom. The molecule has 3 rings (SSSR count). The maximum atomic E-state index is 12.8. The van der Waals surface area contributed by atoms with Crippen molar-refractivity contribution < 1.29 is 0 Å². The van der Waals surface area contributed by atoms with Gasteiger partial charge in [0, 0.05) is 12.7 Å². The molecular weight excluding hydrogens is 278 g/mol. The molecule has 112 valence electrons. The monoisotopic (exact) mass is 295 g/mol. The molecule has 1 aromatic carbocycles. The minimum Gasteiger partial charge on any atom is -0.268 e. The normalized spacial score (nSPS) is 11.0. The van der Waals surface area contributed by atoms with E-state index in [9.17, 15) is 9.59 Å². The molecule has 0 aliphatic carbocycles. The van der Waals surface area contributed by atoms with Crippen molar-refractivity contribution in [3.8, 4) is 5.69 Å². The van der Waals surface area contributed by atoms with Gasteiger partial charge in [-0.05, 0) is 44.5 Å². The fourth-order valence-electron chi connectivity index (χ4n) is 2.74. The molecule has 0 radical (unpaired) electrons. The number of hydrogen-bond acceptors (Lipinski definition) is 3. The first-order valence-corrected chi connectivity index (χ1v) is 7.22. The molecule has 2 aromatic heterocycles. The SMILES string of the molecule is CCn1c(=O)c2cccnc2n(-c2ccc(C)cc2C)c1=O. The van der Waals surface area contributed by atoms with Gasteiger partial charge in [-0.25, -0.2) is 14.3 Å². The molecule has 0 unspecified atom stereocenters. The van der Waals surface area contributed by atoms with E-state index >= 15 is 0 Å². The van der Waals surface area contributed by atoms with Crippen LogP contribution in [-0.4, -0.2) is 14.1 Å². The smallest absolute Gasteiger partial charge is 0.268 e. The number of aryl methyl sites for hydroxylation is 2. The first-order valence-electron chi connectivity index (χ1n) is 7.22. The van der Waals surface area contributed by atoms with Crippen molar-refractivity contribution in [3.05, 3.63) is 68.5 Å². The molecule has 0 saturated carbocycles. The highest BCUT2D eigenvalue weighted by molar-refractivity contribution is 5.75. The molecular formula is C17H17N3O2. The summed E-state index contributed by atoms with van der Waals surface area (Å²) >= 11 is 0. The molecule has 0 saturated heterocycles. The second kappa shape index (κ2) is 5.26. The van der Waals surface area contributed by atoms with Crippen LogP contribution in [-0.2, 0) is 6.54 Å². The average Bonchev–Trinajstić information content (AvgIpc) is 2.50. The van der Waals surface area contributed by atoms with Gasteiger partial charge in [0.15, 0.2) is 5.65 Å². The molecule has 0 N–H and O–H groups in total. The van der Waals surface area contributed by atoms with Gasteiger partial charge in [0.05, 0.1) is 11.1 Å². The van der Waals surface area contributed by atoms with Crippen LogP contribution in [0.1, 0.15) is 18.1 Å². The number of fused-ring (bicyclic) bond motifs is 1. The maximum absolute atomic E-state index is 12.8. The lowest BCUT2D eigenvalue weighted by atomic mass is 10.1. The van der Waals surface area contributed by atoms with Crippen LogP contribution < -0.4 is 11.2 Å². The zero-order valence-corrected chi connectivity index (χ0v) is 12.8. The molecule has 3 aromatic rings. The van der Waals surface area contributed by atoms with Crippen LogP contribution in [0.2, 0.25) is 0 Å². The summed E-state index contributed by atoms with van der Waals surface area (Å²) < 4.78 is 2.76.